The number of nitrogens with zero attached hydrogens (tertiary/aromatic N) is 5. The Kier molecular flexibility index (Phi) is 9.85. The molecule has 0 bridgehead atoms. The number of guanidine groups is 1. The molecule has 0 radical (unpaired) electrons. The predicted molar refractivity (Wildman–Crippen MR) is 135 cm³/mol. The summed E-state index contributed by atoms with van der Waals surface area (Å²) in [5, 5.41) is 15.2. The second-order valence-electron chi connectivity index (χ2n) is 6.90. The second kappa shape index (κ2) is 12.4. The molecule has 0 atom stereocenters. The summed E-state index contributed by atoms with van der Waals surface area (Å²) in [5.74, 6) is 1.76. The van der Waals surface area contributed by atoms with Crippen molar-refractivity contribution >= 4 is 41.3 Å². The van der Waals surface area contributed by atoms with Crippen molar-refractivity contribution in [3.8, 4) is 0 Å². The molecule has 3 aromatic rings. The third-order valence-corrected chi connectivity index (χ3v) is 4.76. The average molecular weight is 521 g/mol. The van der Waals surface area contributed by atoms with Gasteiger partial charge in [-0.05, 0) is 50.6 Å². The molecule has 0 saturated carbocycles. The van der Waals surface area contributed by atoms with Crippen molar-refractivity contribution in [3.63, 3.8) is 0 Å². The summed E-state index contributed by atoms with van der Waals surface area (Å²) in [6.07, 6.45) is 2.73. The molecule has 0 amide bonds. The minimum Gasteiger partial charge on any atom is -0.370 e. The minimum atomic E-state index is 0. The monoisotopic (exact) mass is 521 g/mol. The highest BCUT2D eigenvalue weighted by atomic mass is 127. The van der Waals surface area contributed by atoms with Crippen LogP contribution in [0.3, 0.4) is 0 Å². The fourth-order valence-electron chi connectivity index (χ4n) is 3.27. The number of aliphatic imine (C=N–C) groups is 1. The normalized spacial score (nSPS) is 11.2. The Morgan fingerprint density at radius 2 is 1.97 bits per heavy atom. The van der Waals surface area contributed by atoms with E-state index in [0.717, 1.165) is 50.0 Å². The molecule has 0 aliphatic carbocycles. The van der Waals surface area contributed by atoms with Gasteiger partial charge < -0.3 is 15.5 Å². The van der Waals surface area contributed by atoms with E-state index in [1.807, 2.05) is 28.8 Å². The van der Waals surface area contributed by atoms with Crippen LogP contribution in [0.4, 0.5) is 5.69 Å². The van der Waals surface area contributed by atoms with E-state index in [1.165, 1.54) is 11.3 Å². The molecule has 8 heteroatoms. The minimum absolute atomic E-state index is 0. The summed E-state index contributed by atoms with van der Waals surface area (Å²) in [7, 11) is 0. The van der Waals surface area contributed by atoms with Crippen LogP contribution in [0.2, 0.25) is 0 Å². The smallest absolute Gasteiger partial charge is 0.191 e. The molecule has 2 heterocycles. The van der Waals surface area contributed by atoms with Gasteiger partial charge in [0.15, 0.2) is 11.6 Å². The van der Waals surface area contributed by atoms with Gasteiger partial charge in [0.05, 0.1) is 0 Å². The van der Waals surface area contributed by atoms with Crippen molar-refractivity contribution in [1.29, 1.82) is 0 Å². The Labute approximate surface area is 196 Å². The van der Waals surface area contributed by atoms with Crippen molar-refractivity contribution in [1.82, 2.24) is 25.2 Å². The Morgan fingerprint density at radius 1 is 1.10 bits per heavy atom. The molecule has 162 valence electrons. The predicted octanol–water partition coefficient (Wildman–Crippen LogP) is 3.28. The Hall–Kier alpha value is -2.36. The number of aromatic nitrogens is 3. The van der Waals surface area contributed by atoms with E-state index in [4.69, 9.17) is 4.99 Å². The van der Waals surface area contributed by atoms with E-state index in [0.29, 0.717) is 6.54 Å². The lowest BCUT2D eigenvalue weighted by Gasteiger charge is -2.24. The molecule has 0 fully saturated rings. The van der Waals surface area contributed by atoms with Crippen molar-refractivity contribution < 1.29 is 0 Å². The van der Waals surface area contributed by atoms with Crippen LogP contribution in [-0.4, -0.2) is 53.3 Å². The van der Waals surface area contributed by atoms with Crippen molar-refractivity contribution in [2.75, 3.05) is 37.6 Å². The lowest BCUT2D eigenvalue weighted by molar-refractivity contribution is 0.748. The molecular weight excluding hydrogens is 489 g/mol. The Morgan fingerprint density at radius 3 is 2.73 bits per heavy atom. The van der Waals surface area contributed by atoms with Crippen molar-refractivity contribution in [2.24, 2.45) is 4.99 Å². The van der Waals surface area contributed by atoms with Gasteiger partial charge in [0.1, 0.15) is 5.82 Å². The number of aryl methyl sites for hydroxylation is 1. The number of anilines is 1. The summed E-state index contributed by atoms with van der Waals surface area (Å²) in [4.78, 5) is 7.07. The number of halogens is 1. The van der Waals surface area contributed by atoms with E-state index in [9.17, 15) is 0 Å². The molecule has 0 spiro atoms. The zero-order valence-corrected chi connectivity index (χ0v) is 20.3. The SMILES string of the molecule is CCNC(=NCCc1nnc2ccccn12)NCCN(CC)c1cccc(C)c1.I. The summed E-state index contributed by atoms with van der Waals surface area (Å²) >= 11 is 0. The fraction of sp³-hybridized carbons (Fsp3) is 0.409. The first kappa shape index (κ1) is 23.9. The van der Waals surface area contributed by atoms with Gasteiger partial charge in [-0.2, -0.15) is 0 Å². The maximum absolute atomic E-state index is 4.70. The standard InChI is InChI=1S/C22H31N7.HI/c1-4-23-22(24-13-12-21-27-26-20-11-6-7-15-29(20)21)25-14-16-28(5-2)19-10-8-9-18(3)17-19;/h6-11,15,17H,4-5,12-14,16H2,1-3H3,(H2,23,24,25);1H. The first-order valence-electron chi connectivity index (χ1n) is 10.3. The lowest BCUT2D eigenvalue weighted by atomic mass is 10.2. The van der Waals surface area contributed by atoms with Crippen LogP contribution in [0.1, 0.15) is 25.2 Å². The number of pyridine rings is 1. The highest BCUT2D eigenvalue weighted by Crippen LogP contribution is 2.14. The van der Waals surface area contributed by atoms with E-state index < -0.39 is 0 Å². The molecule has 7 nitrogen and oxygen atoms in total. The van der Waals surface area contributed by atoms with Gasteiger partial charge in [-0.3, -0.25) is 9.39 Å². The van der Waals surface area contributed by atoms with Gasteiger partial charge >= 0.3 is 0 Å². The fourth-order valence-corrected chi connectivity index (χ4v) is 3.27. The molecule has 2 aromatic heterocycles. The number of likely N-dealkylation sites (N-methyl/N-ethyl adjacent to an activating group) is 1. The van der Waals surface area contributed by atoms with Gasteiger partial charge in [-0.25, -0.2) is 0 Å². The van der Waals surface area contributed by atoms with Gasteiger partial charge in [0, 0.05) is 51.0 Å². The van der Waals surface area contributed by atoms with Crippen LogP contribution in [0.5, 0.6) is 0 Å². The third-order valence-electron chi connectivity index (χ3n) is 4.76. The summed E-state index contributed by atoms with van der Waals surface area (Å²) in [6.45, 7) is 10.6. The molecule has 2 N–H and O–H groups in total. The highest BCUT2D eigenvalue weighted by molar-refractivity contribution is 14.0. The summed E-state index contributed by atoms with van der Waals surface area (Å²) in [5.41, 5.74) is 3.41. The van der Waals surface area contributed by atoms with Crippen molar-refractivity contribution in [3.05, 3.63) is 60.0 Å². The van der Waals surface area contributed by atoms with E-state index in [2.05, 4.69) is 70.8 Å². The first-order chi connectivity index (χ1) is 14.2. The largest absolute Gasteiger partial charge is 0.370 e. The quantitative estimate of drug-likeness (QED) is 0.257. The molecule has 1 aromatic carbocycles. The Balaban J connectivity index is 0.00000320. The number of nitrogens with one attached hydrogen (secondary N) is 2. The molecular formula is C22H32IN7. The first-order valence-corrected chi connectivity index (χ1v) is 10.3. The number of rotatable bonds is 9. The van der Waals surface area contributed by atoms with Gasteiger partial charge in [0.25, 0.3) is 0 Å². The zero-order valence-electron chi connectivity index (χ0n) is 18.0. The molecule has 0 aliphatic heterocycles. The van der Waals surface area contributed by atoms with Crippen LogP contribution in [0.25, 0.3) is 5.65 Å². The van der Waals surface area contributed by atoms with Gasteiger partial charge in [-0.15, -0.1) is 34.2 Å². The molecule has 0 aliphatic rings. The van der Waals surface area contributed by atoms with Crippen LogP contribution < -0.4 is 15.5 Å². The van der Waals surface area contributed by atoms with Crippen LogP contribution in [-0.2, 0) is 6.42 Å². The van der Waals surface area contributed by atoms with Gasteiger partial charge in [-0.1, -0.05) is 18.2 Å². The molecule has 3 rings (SSSR count). The van der Waals surface area contributed by atoms with Crippen LogP contribution >= 0.6 is 24.0 Å². The van der Waals surface area contributed by atoms with E-state index in [1.54, 1.807) is 0 Å². The van der Waals surface area contributed by atoms with Crippen molar-refractivity contribution in [2.45, 2.75) is 27.2 Å². The number of benzene rings is 1. The second-order valence-corrected chi connectivity index (χ2v) is 6.90. The topological polar surface area (TPSA) is 69.8 Å². The summed E-state index contributed by atoms with van der Waals surface area (Å²) in [6, 6.07) is 14.5. The number of fused-ring (bicyclic) bond motifs is 1. The average Bonchev–Trinajstić information content (AvgIpc) is 3.14. The number of hydrogen-bond acceptors (Lipinski definition) is 4. The Bertz CT molecular complexity index is 938. The maximum Gasteiger partial charge on any atom is 0.191 e. The van der Waals surface area contributed by atoms with Crippen LogP contribution in [0.15, 0.2) is 53.7 Å². The van der Waals surface area contributed by atoms with E-state index >= 15 is 0 Å². The number of hydrogen-bond donors (Lipinski definition) is 2. The molecule has 0 unspecified atom stereocenters. The molecule has 0 saturated heterocycles. The summed E-state index contributed by atoms with van der Waals surface area (Å²) < 4.78 is 2.01. The maximum atomic E-state index is 4.70. The third kappa shape index (κ3) is 6.58. The van der Waals surface area contributed by atoms with Gasteiger partial charge in [0.2, 0.25) is 0 Å². The zero-order chi connectivity index (χ0) is 20.5. The van der Waals surface area contributed by atoms with Crippen LogP contribution in [0, 0.1) is 6.92 Å². The molecule has 30 heavy (non-hydrogen) atoms. The van der Waals surface area contributed by atoms with E-state index in [-0.39, 0.29) is 24.0 Å². The lowest BCUT2D eigenvalue weighted by Crippen LogP contribution is -2.41. The highest BCUT2D eigenvalue weighted by Gasteiger charge is 2.06.